The predicted octanol–water partition coefficient (Wildman–Crippen LogP) is 3.65. The normalized spacial score (nSPS) is 11.0. The van der Waals surface area contributed by atoms with Gasteiger partial charge < -0.3 is 5.73 Å². The quantitative estimate of drug-likeness (QED) is 0.818. The molecule has 0 saturated heterocycles. The molecule has 0 radical (unpaired) electrons. The minimum Gasteiger partial charge on any atom is -0.398 e. The van der Waals surface area contributed by atoms with Crippen molar-refractivity contribution in [3.05, 3.63) is 34.0 Å². The molecule has 0 unspecified atom stereocenters. The molecule has 0 fully saturated rings. The third-order valence-electron chi connectivity index (χ3n) is 2.92. The summed E-state index contributed by atoms with van der Waals surface area (Å²) in [6, 6.07) is 3.96. The predicted molar refractivity (Wildman–Crippen MR) is 70.0 cm³/mol. The first kappa shape index (κ1) is 11.2. The number of benzene rings is 1. The Hall–Kier alpha value is -1.28. The minimum absolute atomic E-state index is 0.677. The zero-order chi connectivity index (χ0) is 11.9. The highest BCUT2D eigenvalue weighted by atomic mass is 35.5. The van der Waals surface area contributed by atoms with Gasteiger partial charge in [0, 0.05) is 16.8 Å². The highest BCUT2D eigenvalue weighted by molar-refractivity contribution is 6.35. The van der Waals surface area contributed by atoms with Crippen molar-refractivity contribution in [2.45, 2.75) is 27.2 Å². The van der Waals surface area contributed by atoms with Gasteiger partial charge in [0.1, 0.15) is 0 Å². The maximum atomic E-state index is 6.20. The van der Waals surface area contributed by atoms with Crippen LogP contribution >= 0.6 is 11.6 Å². The largest absolute Gasteiger partial charge is 0.398 e. The van der Waals surface area contributed by atoms with Crippen LogP contribution in [0.1, 0.15) is 23.7 Å². The number of halogens is 1. The molecule has 0 aliphatic carbocycles. The number of hydrogen-bond acceptors (Lipinski definition) is 2. The van der Waals surface area contributed by atoms with Gasteiger partial charge in [0.15, 0.2) is 0 Å². The third-order valence-corrected chi connectivity index (χ3v) is 3.20. The first-order chi connectivity index (χ1) is 7.54. The molecule has 84 valence electrons. The topological polar surface area (TPSA) is 38.9 Å². The Labute approximate surface area is 100 Å². The molecule has 0 aliphatic heterocycles. The maximum absolute atomic E-state index is 6.20. The lowest BCUT2D eigenvalue weighted by molar-refractivity contribution is 1.03. The Balaban J connectivity index is 2.92. The molecule has 2 N–H and O–H groups in total. The molecule has 1 aromatic heterocycles. The van der Waals surface area contributed by atoms with Crippen LogP contribution in [0.25, 0.3) is 10.9 Å². The Morgan fingerprint density at radius 1 is 1.31 bits per heavy atom. The summed E-state index contributed by atoms with van der Waals surface area (Å²) in [7, 11) is 0. The highest BCUT2D eigenvalue weighted by Gasteiger charge is 2.10. The summed E-state index contributed by atoms with van der Waals surface area (Å²) < 4.78 is 0. The second kappa shape index (κ2) is 3.95. The number of aromatic nitrogens is 1. The molecule has 3 heteroatoms. The summed E-state index contributed by atoms with van der Waals surface area (Å²) in [5.74, 6) is 0. The molecule has 0 amide bonds. The van der Waals surface area contributed by atoms with Crippen molar-refractivity contribution >= 4 is 28.2 Å². The molecule has 0 aliphatic rings. The van der Waals surface area contributed by atoms with Gasteiger partial charge in [0.05, 0.1) is 10.5 Å². The summed E-state index contributed by atoms with van der Waals surface area (Å²) in [4.78, 5) is 4.58. The van der Waals surface area contributed by atoms with Crippen LogP contribution in [0, 0.1) is 13.8 Å². The fourth-order valence-electron chi connectivity index (χ4n) is 1.97. The van der Waals surface area contributed by atoms with E-state index in [0.717, 1.165) is 39.8 Å². The fraction of sp³-hybridized carbons (Fsp3) is 0.308. The van der Waals surface area contributed by atoms with E-state index in [9.17, 15) is 0 Å². The lowest BCUT2D eigenvalue weighted by Gasteiger charge is -2.11. The van der Waals surface area contributed by atoms with Crippen molar-refractivity contribution in [1.29, 1.82) is 0 Å². The number of pyridine rings is 1. The number of nitrogens with zero attached hydrogens (tertiary/aromatic N) is 1. The van der Waals surface area contributed by atoms with Crippen molar-refractivity contribution in [2.24, 2.45) is 0 Å². The average molecular weight is 235 g/mol. The Bertz CT molecular complexity index is 562. The van der Waals surface area contributed by atoms with Gasteiger partial charge in [0.2, 0.25) is 0 Å². The number of fused-ring (bicyclic) bond motifs is 1. The monoisotopic (exact) mass is 234 g/mol. The van der Waals surface area contributed by atoms with Crippen LogP contribution in [0.3, 0.4) is 0 Å². The second-order valence-electron chi connectivity index (χ2n) is 4.09. The Morgan fingerprint density at radius 2 is 2.00 bits per heavy atom. The van der Waals surface area contributed by atoms with Gasteiger partial charge in [-0.25, -0.2) is 0 Å². The number of rotatable bonds is 1. The molecule has 0 saturated carbocycles. The first-order valence-electron chi connectivity index (χ1n) is 5.39. The van der Waals surface area contributed by atoms with Crippen LogP contribution < -0.4 is 5.73 Å². The molecule has 1 aromatic carbocycles. The van der Waals surface area contributed by atoms with Crippen LogP contribution in [-0.4, -0.2) is 4.98 Å². The van der Waals surface area contributed by atoms with Crippen molar-refractivity contribution in [3.8, 4) is 0 Å². The van der Waals surface area contributed by atoms with Crippen molar-refractivity contribution in [3.63, 3.8) is 0 Å². The standard InChI is InChI=1S/C13H15ClN2/c1-4-11-8(3)12(15)9-5-7(2)6-10(14)13(9)16-11/h5-6H,4H2,1-3H3,(H2,15,16). The van der Waals surface area contributed by atoms with E-state index in [4.69, 9.17) is 17.3 Å². The first-order valence-corrected chi connectivity index (χ1v) is 5.77. The third kappa shape index (κ3) is 1.63. The molecule has 2 rings (SSSR count). The van der Waals surface area contributed by atoms with Crippen LogP contribution in [0.4, 0.5) is 5.69 Å². The summed E-state index contributed by atoms with van der Waals surface area (Å²) >= 11 is 6.20. The molecular weight excluding hydrogens is 220 g/mol. The van der Waals surface area contributed by atoms with E-state index in [-0.39, 0.29) is 0 Å². The molecule has 2 aromatic rings. The molecular formula is C13H15ClN2. The van der Waals surface area contributed by atoms with E-state index in [1.165, 1.54) is 0 Å². The maximum Gasteiger partial charge on any atom is 0.0912 e. The lowest BCUT2D eigenvalue weighted by atomic mass is 10.0. The van der Waals surface area contributed by atoms with E-state index < -0.39 is 0 Å². The molecule has 2 nitrogen and oxygen atoms in total. The minimum atomic E-state index is 0.677. The number of anilines is 1. The second-order valence-corrected chi connectivity index (χ2v) is 4.50. The fourth-order valence-corrected chi connectivity index (χ4v) is 2.29. The number of nitrogen functional groups attached to an aromatic ring is 1. The van der Waals surface area contributed by atoms with Gasteiger partial charge >= 0.3 is 0 Å². The average Bonchev–Trinajstić information content (AvgIpc) is 2.24. The van der Waals surface area contributed by atoms with Gasteiger partial charge in [0.25, 0.3) is 0 Å². The van der Waals surface area contributed by atoms with Crippen LogP contribution in [0.2, 0.25) is 5.02 Å². The van der Waals surface area contributed by atoms with Gasteiger partial charge in [-0.1, -0.05) is 18.5 Å². The number of hydrogen-bond donors (Lipinski definition) is 1. The zero-order valence-corrected chi connectivity index (χ0v) is 10.5. The number of aryl methyl sites for hydroxylation is 2. The van der Waals surface area contributed by atoms with Crippen molar-refractivity contribution < 1.29 is 0 Å². The lowest BCUT2D eigenvalue weighted by Crippen LogP contribution is -2.00. The smallest absolute Gasteiger partial charge is 0.0912 e. The van der Waals surface area contributed by atoms with Crippen molar-refractivity contribution in [1.82, 2.24) is 4.98 Å². The molecule has 0 spiro atoms. The Morgan fingerprint density at radius 3 is 2.62 bits per heavy atom. The molecule has 16 heavy (non-hydrogen) atoms. The highest BCUT2D eigenvalue weighted by Crippen LogP contribution is 2.31. The Kier molecular flexibility index (Phi) is 2.76. The molecule has 1 heterocycles. The van der Waals surface area contributed by atoms with E-state index in [0.29, 0.717) is 5.02 Å². The SMILES string of the molecule is CCc1nc2c(Cl)cc(C)cc2c(N)c1C. The van der Waals surface area contributed by atoms with Gasteiger partial charge in [-0.3, -0.25) is 4.98 Å². The van der Waals surface area contributed by atoms with E-state index in [1.807, 2.05) is 26.0 Å². The summed E-state index contributed by atoms with van der Waals surface area (Å²) in [5.41, 5.74) is 10.9. The summed E-state index contributed by atoms with van der Waals surface area (Å²) in [6.07, 6.45) is 0.871. The van der Waals surface area contributed by atoms with Gasteiger partial charge in [-0.2, -0.15) is 0 Å². The zero-order valence-electron chi connectivity index (χ0n) is 9.76. The van der Waals surface area contributed by atoms with Crippen LogP contribution in [-0.2, 0) is 6.42 Å². The summed E-state index contributed by atoms with van der Waals surface area (Å²) in [6.45, 7) is 6.09. The molecule has 0 atom stereocenters. The molecule has 0 bridgehead atoms. The van der Waals surface area contributed by atoms with Crippen LogP contribution in [0.5, 0.6) is 0 Å². The van der Waals surface area contributed by atoms with E-state index >= 15 is 0 Å². The van der Waals surface area contributed by atoms with E-state index in [1.54, 1.807) is 0 Å². The van der Waals surface area contributed by atoms with E-state index in [2.05, 4.69) is 11.9 Å². The van der Waals surface area contributed by atoms with Crippen LogP contribution in [0.15, 0.2) is 12.1 Å². The summed E-state index contributed by atoms with van der Waals surface area (Å²) in [5, 5.41) is 1.64. The number of nitrogens with two attached hydrogens (primary N) is 1. The van der Waals surface area contributed by atoms with Gasteiger partial charge in [-0.15, -0.1) is 0 Å². The van der Waals surface area contributed by atoms with Crippen molar-refractivity contribution in [2.75, 3.05) is 5.73 Å². The van der Waals surface area contributed by atoms with Gasteiger partial charge in [-0.05, 0) is 43.5 Å².